The lowest BCUT2D eigenvalue weighted by atomic mass is 9.91. The van der Waals surface area contributed by atoms with Gasteiger partial charge in [0.25, 0.3) is 0 Å². The summed E-state index contributed by atoms with van der Waals surface area (Å²) in [6, 6.07) is 15.3. The second-order valence-corrected chi connectivity index (χ2v) is 9.42. The van der Waals surface area contributed by atoms with Crippen molar-refractivity contribution in [2.75, 3.05) is 26.7 Å². The molecular weight excluding hydrogens is 414 g/mol. The van der Waals surface area contributed by atoms with Crippen molar-refractivity contribution in [1.29, 1.82) is 0 Å². The summed E-state index contributed by atoms with van der Waals surface area (Å²) >= 11 is 0. The van der Waals surface area contributed by atoms with Gasteiger partial charge >= 0.3 is 5.97 Å². The first-order valence-corrected chi connectivity index (χ1v) is 11.7. The topological polar surface area (TPSA) is 72.3 Å². The van der Waals surface area contributed by atoms with Crippen molar-refractivity contribution in [2.24, 2.45) is 0 Å². The number of esters is 1. The Balaban J connectivity index is 1.27. The number of likely N-dealkylation sites (tertiary alicyclic amines) is 1. The molecule has 170 valence electrons. The summed E-state index contributed by atoms with van der Waals surface area (Å²) in [6.07, 6.45) is 9.26. The number of nitrogens with zero attached hydrogens (tertiary/aromatic N) is 3. The van der Waals surface area contributed by atoms with Gasteiger partial charge in [0.15, 0.2) is 0 Å². The minimum Gasteiger partial charge on any atom is -0.457 e. The van der Waals surface area contributed by atoms with Crippen LogP contribution in [0.5, 0.6) is 0 Å². The molecule has 1 unspecified atom stereocenters. The van der Waals surface area contributed by atoms with E-state index >= 15 is 0 Å². The third-order valence-electron chi connectivity index (χ3n) is 7.43. The zero-order valence-electron chi connectivity index (χ0n) is 19.0. The monoisotopic (exact) mass is 444 g/mol. The molecule has 1 fully saturated rings. The second-order valence-electron chi connectivity index (χ2n) is 9.42. The van der Waals surface area contributed by atoms with Crippen LogP contribution in [-0.2, 0) is 21.6 Å². The minimum absolute atomic E-state index is 0.228. The molecule has 6 nitrogen and oxygen atoms in total. The molecule has 5 rings (SSSR count). The van der Waals surface area contributed by atoms with Crippen LogP contribution in [0.1, 0.15) is 36.1 Å². The van der Waals surface area contributed by atoms with E-state index in [1.54, 1.807) is 12.4 Å². The fraction of sp³-hybridized carbons (Fsp3) is 0.370. The first-order valence-electron chi connectivity index (χ1n) is 11.7. The number of hydrogen-bond acceptors (Lipinski definition) is 5. The summed E-state index contributed by atoms with van der Waals surface area (Å²) in [6.45, 7) is 2.38. The fourth-order valence-electron chi connectivity index (χ4n) is 5.53. The van der Waals surface area contributed by atoms with Gasteiger partial charge in [0, 0.05) is 49.0 Å². The van der Waals surface area contributed by atoms with E-state index in [1.807, 2.05) is 54.7 Å². The van der Waals surface area contributed by atoms with Crippen LogP contribution in [0.25, 0.3) is 11.1 Å². The van der Waals surface area contributed by atoms with E-state index in [9.17, 15) is 9.90 Å². The highest BCUT2D eigenvalue weighted by molar-refractivity contribution is 5.96. The molecule has 1 aliphatic carbocycles. The first kappa shape index (κ1) is 21.7. The van der Waals surface area contributed by atoms with Crippen LogP contribution < -0.4 is 0 Å². The van der Waals surface area contributed by atoms with Crippen molar-refractivity contribution >= 4 is 5.97 Å². The van der Waals surface area contributed by atoms with Crippen LogP contribution >= 0.6 is 0 Å². The lowest BCUT2D eigenvalue weighted by molar-refractivity contribution is -0.921. The summed E-state index contributed by atoms with van der Waals surface area (Å²) in [5.74, 6) is -0.585. The van der Waals surface area contributed by atoms with E-state index in [2.05, 4.69) is 17.0 Å². The number of fused-ring (bicyclic) bond motifs is 3. The Morgan fingerprint density at radius 1 is 1.12 bits per heavy atom. The average Bonchev–Trinajstić information content (AvgIpc) is 3.34. The van der Waals surface area contributed by atoms with Crippen molar-refractivity contribution in [2.45, 2.75) is 37.3 Å². The van der Waals surface area contributed by atoms with E-state index in [4.69, 9.17) is 4.74 Å². The molecule has 2 aliphatic rings. The Bertz CT molecular complexity index is 1100. The number of rotatable bonds is 7. The maximum atomic E-state index is 13.4. The van der Waals surface area contributed by atoms with Crippen LogP contribution in [0.15, 0.2) is 67.1 Å². The summed E-state index contributed by atoms with van der Waals surface area (Å²) in [5, 5.41) is 11.6. The summed E-state index contributed by atoms with van der Waals surface area (Å²) in [7, 11) is 2.25. The zero-order valence-corrected chi connectivity index (χ0v) is 19.0. The van der Waals surface area contributed by atoms with Crippen LogP contribution in [-0.4, -0.2) is 58.3 Å². The molecular formula is C27H30N3O3+. The molecule has 33 heavy (non-hydrogen) atoms. The van der Waals surface area contributed by atoms with Gasteiger partial charge in [0.1, 0.15) is 12.6 Å². The largest absolute Gasteiger partial charge is 0.457 e. The van der Waals surface area contributed by atoms with Gasteiger partial charge in [-0.2, -0.15) is 0 Å². The van der Waals surface area contributed by atoms with Gasteiger partial charge in [-0.25, -0.2) is 4.79 Å². The third kappa shape index (κ3) is 3.83. The number of quaternary nitrogens is 1. The Hall–Kier alpha value is -3.09. The van der Waals surface area contributed by atoms with Gasteiger partial charge in [-0.3, -0.25) is 9.97 Å². The summed E-state index contributed by atoms with van der Waals surface area (Å²) < 4.78 is 6.73. The molecule has 0 spiro atoms. The highest BCUT2D eigenvalue weighted by atomic mass is 16.6. The number of benzene rings is 2. The van der Waals surface area contributed by atoms with E-state index in [0.29, 0.717) is 17.7 Å². The van der Waals surface area contributed by atoms with Crippen LogP contribution in [0, 0.1) is 0 Å². The highest BCUT2D eigenvalue weighted by Gasteiger charge is 2.50. The molecule has 1 aliphatic heterocycles. The van der Waals surface area contributed by atoms with Crippen molar-refractivity contribution in [3.8, 4) is 11.1 Å². The quantitative estimate of drug-likeness (QED) is 0.446. The van der Waals surface area contributed by atoms with Crippen molar-refractivity contribution in [3.63, 3.8) is 0 Å². The molecule has 0 saturated carbocycles. The predicted octanol–water partition coefficient (Wildman–Crippen LogP) is 3.48. The van der Waals surface area contributed by atoms with Gasteiger partial charge in [-0.15, -0.1) is 0 Å². The fourth-order valence-corrected chi connectivity index (χ4v) is 5.53. The number of aryl methyl sites for hydroxylation is 1. The molecule has 2 atom stereocenters. The molecule has 6 heteroatoms. The lowest BCUT2D eigenvalue weighted by Crippen LogP contribution is -2.51. The number of likely N-dealkylation sites (N-methyl/N-ethyl adjacent to an activating group) is 1. The van der Waals surface area contributed by atoms with Crippen LogP contribution in [0.4, 0.5) is 0 Å². The normalized spacial score (nSPS) is 22.5. The summed E-state index contributed by atoms with van der Waals surface area (Å²) in [4.78, 5) is 21.9. The molecule has 1 N–H and O–H groups in total. The van der Waals surface area contributed by atoms with Gasteiger partial charge in [0.05, 0.1) is 25.8 Å². The predicted molar refractivity (Wildman–Crippen MR) is 125 cm³/mol. The van der Waals surface area contributed by atoms with Crippen LogP contribution in [0.2, 0.25) is 0 Å². The van der Waals surface area contributed by atoms with Crippen molar-refractivity contribution in [1.82, 2.24) is 9.97 Å². The average molecular weight is 445 g/mol. The smallest absolute Gasteiger partial charge is 0.347 e. The highest BCUT2D eigenvalue weighted by Crippen LogP contribution is 2.48. The van der Waals surface area contributed by atoms with Crippen LogP contribution in [0.3, 0.4) is 0 Å². The SMILES string of the molecule is C[N+]1(CCCc2cnccn2)CCC[C@@H]1COC(=O)C1(O)c2ccccc2-c2ccccc21. The van der Waals surface area contributed by atoms with E-state index in [1.165, 1.54) is 0 Å². The van der Waals surface area contributed by atoms with Gasteiger partial charge in [-0.05, 0) is 17.5 Å². The third-order valence-corrected chi connectivity index (χ3v) is 7.43. The number of aliphatic hydroxyl groups is 1. The Labute approximate surface area is 194 Å². The first-order chi connectivity index (χ1) is 16.0. The minimum atomic E-state index is -1.76. The molecule has 0 radical (unpaired) electrons. The Kier molecular flexibility index (Phi) is 5.72. The second kappa shape index (κ2) is 8.69. The van der Waals surface area contributed by atoms with Gasteiger partial charge < -0.3 is 14.3 Å². The number of ether oxygens (including phenoxy) is 1. The van der Waals surface area contributed by atoms with E-state index in [0.717, 1.165) is 60.1 Å². The van der Waals surface area contributed by atoms with Gasteiger partial charge in [0.2, 0.25) is 5.60 Å². The van der Waals surface area contributed by atoms with E-state index < -0.39 is 11.6 Å². The molecule has 1 saturated heterocycles. The van der Waals surface area contributed by atoms with Crippen molar-refractivity contribution < 1.29 is 19.1 Å². The maximum absolute atomic E-state index is 13.4. The standard InChI is InChI=1S/C27H30N3O3/c1-30(16-6-8-20-18-28-14-15-29-20)17-7-9-21(30)19-33-26(31)27(32)24-12-4-2-10-22(24)23-11-3-5-13-25(23)27/h2-5,10-15,18,21,32H,6-9,16-17,19H2,1H3/q+1/t21-,30?/m1/s1. The Morgan fingerprint density at radius 2 is 1.82 bits per heavy atom. The maximum Gasteiger partial charge on any atom is 0.347 e. The van der Waals surface area contributed by atoms with E-state index in [-0.39, 0.29) is 6.04 Å². The number of carbonyl (C=O) groups excluding carboxylic acids is 1. The van der Waals surface area contributed by atoms with Crippen molar-refractivity contribution in [3.05, 3.63) is 83.9 Å². The molecule has 0 bridgehead atoms. The molecule has 2 heterocycles. The molecule has 1 aromatic heterocycles. The number of aromatic nitrogens is 2. The lowest BCUT2D eigenvalue weighted by Gasteiger charge is -2.36. The number of carbonyl (C=O) groups is 1. The molecule has 2 aromatic carbocycles. The molecule has 3 aromatic rings. The number of hydrogen-bond donors (Lipinski definition) is 1. The molecule has 0 amide bonds. The zero-order chi connectivity index (χ0) is 22.9. The van der Waals surface area contributed by atoms with Gasteiger partial charge in [-0.1, -0.05) is 48.5 Å². The summed E-state index contributed by atoms with van der Waals surface area (Å²) in [5.41, 5.74) is 2.22. The Morgan fingerprint density at radius 3 is 2.48 bits per heavy atom.